The molecule has 0 saturated heterocycles. The average Bonchev–Trinajstić information content (AvgIpc) is 1.96. The number of rotatable bonds is 1. The Hall–Kier alpha value is 0.810. The first-order valence-electron chi connectivity index (χ1n) is 3.44. The standard InChI is InChI=1S/C8H8Br3NS/c1-13(2)12-8-6(10)3-5(9)4-7(8)11/h3-4H,1-2H3. The SMILES string of the molecule is CS(C)=Nc1c(Br)cc(Br)cc1Br. The van der Waals surface area contributed by atoms with E-state index in [1.807, 2.05) is 12.1 Å². The van der Waals surface area contributed by atoms with Crippen LogP contribution >= 0.6 is 47.8 Å². The van der Waals surface area contributed by atoms with Gasteiger partial charge in [-0.25, -0.2) is 4.36 Å². The molecule has 0 radical (unpaired) electrons. The summed E-state index contributed by atoms with van der Waals surface area (Å²) >= 11 is 10.4. The molecule has 1 aromatic carbocycles. The zero-order valence-corrected chi connectivity index (χ0v) is 12.7. The molecule has 0 spiro atoms. The molecule has 1 aromatic rings. The van der Waals surface area contributed by atoms with E-state index in [0.717, 1.165) is 19.1 Å². The van der Waals surface area contributed by atoms with E-state index >= 15 is 0 Å². The number of nitrogens with zero attached hydrogens (tertiary/aromatic N) is 1. The number of halogens is 3. The van der Waals surface area contributed by atoms with Gasteiger partial charge in [0.25, 0.3) is 0 Å². The highest BCUT2D eigenvalue weighted by atomic mass is 79.9. The Labute approximate surface area is 106 Å². The van der Waals surface area contributed by atoms with E-state index in [4.69, 9.17) is 0 Å². The summed E-state index contributed by atoms with van der Waals surface area (Å²) in [5.41, 5.74) is 0.983. The Kier molecular flexibility index (Phi) is 4.62. The lowest BCUT2D eigenvalue weighted by atomic mass is 10.3. The summed E-state index contributed by atoms with van der Waals surface area (Å²) in [4.78, 5) is 0. The number of hydrogen-bond acceptors (Lipinski definition) is 1. The Morgan fingerprint density at radius 3 is 1.92 bits per heavy atom. The topological polar surface area (TPSA) is 12.4 Å². The van der Waals surface area contributed by atoms with E-state index < -0.39 is 0 Å². The molecule has 5 heteroatoms. The fourth-order valence-corrected chi connectivity index (χ4v) is 4.04. The molecular weight excluding hydrogens is 382 g/mol. The minimum absolute atomic E-state index is 0.0560. The predicted octanol–water partition coefficient (Wildman–Crippen LogP) is 4.67. The minimum atomic E-state index is 0.0560. The van der Waals surface area contributed by atoms with E-state index in [9.17, 15) is 0 Å². The van der Waals surface area contributed by atoms with Gasteiger partial charge in [-0.05, 0) is 56.5 Å². The van der Waals surface area contributed by atoms with Crippen molar-refractivity contribution < 1.29 is 0 Å². The van der Waals surface area contributed by atoms with Gasteiger partial charge in [-0.1, -0.05) is 15.9 Å². The molecule has 0 N–H and O–H groups in total. The zero-order chi connectivity index (χ0) is 10.0. The highest BCUT2D eigenvalue weighted by Gasteiger charge is 2.04. The summed E-state index contributed by atoms with van der Waals surface area (Å²) in [5.74, 6) is 0. The summed E-state index contributed by atoms with van der Waals surface area (Å²) in [5, 5.41) is 0. The molecule has 0 aliphatic carbocycles. The fraction of sp³-hybridized carbons (Fsp3) is 0.250. The van der Waals surface area contributed by atoms with Crippen LogP contribution < -0.4 is 0 Å². The third kappa shape index (κ3) is 3.46. The van der Waals surface area contributed by atoms with Crippen LogP contribution in [0.25, 0.3) is 0 Å². The van der Waals surface area contributed by atoms with Crippen LogP contribution in [0.4, 0.5) is 5.69 Å². The maximum atomic E-state index is 4.51. The molecule has 1 nitrogen and oxygen atoms in total. The van der Waals surface area contributed by atoms with Crippen molar-refractivity contribution in [2.75, 3.05) is 12.5 Å². The van der Waals surface area contributed by atoms with E-state index in [2.05, 4.69) is 64.7 Å². The molecule has 72 valence electrons. The van der Waals surface area contributed by atoms with Gasteiger partial charge >= 0.3 is 0 Å². The minimum Gasteiger partial charge on any atom is -0.226 e. The number of benzene rings is 1. The maximum Gasteiger partial charge on any atom is 0.0987 e. The Bertz CT molecular complexity index is 335. The van der Waals surface area contributed by atoms with Gasteiger partial charge in [0.1, 0.15) is 0 Å². The monoisotopic (exact) mass is 387 g/mol. The van der Waals surface area contributed by atoms with Crippen molar-refractivity contribution in [1.29, 1.82) is 0 Å². The van der Waals surface area contributed by atoms with Gasteiger partial charge in [-0.15, -0.1) is 10.7 Å². The van der Waals surface area contributed by atoms with Crippen LogP contribution in [0.1, 0.15) is 0 Å². The van der Waals surface area contributed by atoms with Crippen molar-refractivity contribution in [3.8, 4) is 0 Å². The summed E-state index contributed by atoms with van der Waals surface area (Å²) in [6.07, 6.45) is 4.17. The van der Waals surface area contributed by atoms with Crippen molar-refractivity contribution in [2.24, 2.45) is 4.36 Å². The van der Waals surface area contributed by atoms with Crippen molar-refractivity contribution in [3.05, 3.63) is 25.6 Å². The van der Waals surface area contributed by atoms with Gasteiger partial charge in [-0.2, -0.15) is 0 Å². The smallest absolute Gasteiger partial charge is 0.0987 e. The molecule has 0 heterocycles. The Balaban J connectivity index is 3.29. The first kappa shape index (κ1) is 11.9. The maximum absolute atomic E-state index is 4.51. The first-order chi connectivity index (χ1) is 6.00. The lowest BCUT2D eigenvalue weighted by Gasteiger charge is -2.03. The molecule has 0 aliphatic rings. The second kappa shape index (κ2) is 5.05. The summed E-state index contributed by atoms with van der Waals surface area (Å²) in [6.45, 7) is 0. The molecule has 13 heavy (non-hydrogen) atoms. The second-order valence-corrected chi connectivity index (χ2v) is 6.94. The van der Waals surface area contributed by atoms with Gasteiger partial charge in [-0.3, -0.25) is 0 Å². The van der Waals surface area contributed by atoms with Gasteiger partial charge in [0, 0.05) is 13.4 Å². The molecule has 0 aliphatic heterocycles. The molecular formula is C8H8Br3NS. The van der Waals surface area contributed by atoms with Crippen LogP contribution in [-0.2, 0) is 10.7 Å². The van der Waals surface area contributed by atoms with Crippen LogP contribution in [0, 0.1) is 0 Å². The van der Waals surface area contributed by atoms with Gasteiger partial charge in [0.2, 0.25) is 0 Å². The number of hydrogen-bond donors (Lipinski definition) is 0. The van der Waals surface area contributed by atoms with Crippen LogP contribution in [0.2, 0.25) is 0 Å². The quantitative estimate of drug-likeness (QED) is 0.662. The highest BCUT2D eigenvalue weighted by Crippen LogP contribution is 2.36. The fourth-order valence-electron chi connectivity index (χ4n) is 0.804. The van der Waals surface area contributed by atoms with Gasteiger partial charge in [0.15, 0.2) is 0 Å². The average molecular weight is 390 g/mol. The highest BCUT2D eigenvalue weighted by molar-refractivity contribution is 9.11. The Morgan fingerprint density at radius 2 is 1.54 bits per heavy atom. The first-order valence-corrected chi connectivity index (χ1v) is 7.82. The van der Waals surface area contributed by atoms with Crippen LogP contribution in [0.3, 0.4) is 0 Å². The molecule has 0 atom stereocenters. The zero-order valence-electron chi connectivity index (χ0n) is 7.14. The lowest BCUT2D eigenvalue weighted by Crippen LogP contribution is -1.79. The van der Waals surface area contributed by atoms with Gasteiger partial charge < -0.3 is 0 Å². The summed E-state index contributed by atoms with van der Waals surface area (Å²) in [6, 6.07) is 3.99. The van der Waals surface area contributed by atoms with Crippen LogP contribution in [-0.4, -0.2) is 12.5 Å². The molecule has 0 fully saturated rings. The van der Waals surface area contributed by atoms with Gasteiger partial charge in [0.05, 0.1) is 5.69 Å². The largest absolute Gasteiger partial charge is 0.226 e. The third-order valence-electron chi connectivity index (χ3n) is 1.26. The molecule has 0 aromatic heterocycles. The summed E-state index contributed by atoms with van der Waals surface area (Å²) < 4.78 is 7.57. The summed E-state index contributed by atoms with van der Waals surface area (Å²) in [7, 11) is 0.0560. The lowest BCUT2D eigenvalue weighted by molar-refractivity contribution is 1.47. The third-order valence-corrected chi connectivity index (χ3v) is 3.47. The van der Waals surface area contributed by atoms with Crippen molar-refractivity contribution in [2.45, 2.75) is 0 Å². The molecule has 0 saturated carbocycles. The Morgan fingerprint density at radius 1 is 1.08 bits per heavy atom. The van der Waals surface area contributed by atoms with E-state index in [0.29, 0.717) is 0 Å². The normalized spacial score (nSPS) is 10.6. The van der Waals surface area contributed by atoms with Crippen molar-refractivity contribution in [3.63, 3.8) is 0 Å². The van der Waals surface area contributed by atoms with E-state index in [1.54, 1.807) is 0 Å². The molecule has 0 unspecified atom stereocenters. The van der Waals surface area contributed by atoms with E-state index in [-0.39, 0.29) is 10.7 Å². The second-order valence-electron chi connectivity index (χ2n) is 2.58. The van der Waals surface area contributed by atoms with E-state index in [1.165, 1.54) is 0 Å². The van der Waals surface area contributed by atoms with Crippen LogP contribution in [0.5, 0.6) is 0 Å². The molecule has 1 rings (SSSR count). The van der Waals surface area contributed by atoms with Crippen molar-refractivity contribution >= 4 is 64.2 Å². The van der Waals surface area contributed by atoms with Crippen LogP contribution in [0.15, 0.2) is 29.9 Å². The predicted molar refractivity (Wildman–Crippen MR) is 70.8 cm³/mol. The van der Waals surface area contributed by atoms with Crippen molar-refractivity contribution in [1.82, 2.24) is 0 Å². The molecule has 0 bridgehead atoms. The molecule has 0 amide bonds.